The summed E-state index contributed by atoms with van der Waals surface area (Å²) in [4.78, 5) is 25.6. The van der Waals surface area contributed by atoms with Crippen LogP contribution in [0.4, 0.5) is 5.82 Å². The summed E-state index contributed by atoms with van der Waals surface area (Å²) in [5.41, 5.74) is 1.97. The lowest BCUT2D eigenvalue weighted by Gasteiger charge is -2.36. The Bertz CT molecular complexity index is 941. The minimum atomic E-state index is -0.507. The molecule has 0 spiro atoms. The molecule has 29 heavy (non-hydrogen) atoms. The third kappa shape index (κ3) is 4.54. The van der Waals surface area contributed by atoms with Crippen LogP contribution in [0.1, 0.15) is 6.92 Å². The lowest BCUT2D eigenvalue weighted by molar-refractivity contribution is -0.138. The first kappa shape index (κ1) is 18.9. The van der Waals surface area contributed by atoms with Crippen molar-refractivity contribution >= 4 is 11.7 Å². The third-order valence-corrected chi connectivity index (χ3v) is 5.04. The fraction of sp³-hybridized carbons (Fsp3) is 0.261. The van der Waals surface area contributed by atoms with Crippen molar-refractivity contribution in [2.45, 2.75) is 13.0 Å². The number of hydrogen-bond acceptors (Lipinski definition) is 5. The van der Waals surface area contributed by atoms with Gasteiger partial charge in [0.25, 0.3) is 5.91 Å². The van der Waals surface area contributed by atoms with Crippen molar-refractivity contribution in [2.24, 2.45) is 0 Å². The Morgan fingerprint density at radius 2 is 1.59 bits per heavy atom. The van der Waals surface area contributed by atoms with Crippen LogP contribution in [0.25, 0.3) is 11.3 Å². The van der Waals surface area contributed by atoms with Gasteiger partial charge in [-0.3, -0.25) is 4.79 Å². The van der Waals surface area contributed by atoms with Gasteiger partial charge in [0.05, 0.1) is 5.69 Å². The van der Waals surface area contributed by atoms with Crippen molar-refractivity contribution in [1.29, 1.82) is 0 Å². The average Bonchev–Trinajstić information content (AvgIpc) is 2.80. The Morgan fingerprint density at radius 3 is 2.28 bits per heavy atom. The van der Waals surface area contributed by atoms with E-state index in [9.17, 15) is 4.79 Å². The molecular weight excluding hydrogens is 364 g/mol. The van der Waals surface area contributed by atoms with Gasteiger partial charge in [-0.05, 0) is 19.1 Å². The molecule has 0 aliphatic carbocycles. The quantitative estimate of drug-likeness (QED) is 0.671. The maximum absolute atomic E-state index is 12.7. The van der Waals surface area contributed by atoms with Gasteiger partial charge in [0.2, 0.25) is 0 Å². The van der Waals surface area contributed by atoms with Crippen LogP contribution in [-0.2, 0) is 4.79 Å². The molecule has 3 aromatic rings. The molecule has 0 radical (unpaired) electrons. The normalized spacial score (nSPS) is 15.1. The smallest absolute Gasteiger partial charge is 0.263 e. The van der Waals surface area contributed by atoms with E-state index in [2.05, 4.69) is 14.9 Å². The third-order valence-electron chi connectivity index (χ3n) is 5.04. The van der Waals surface area contributed by atoms with Crippen molar-refractivity contribution in [1.82, 2.24) is 14.9 Å². The Hall–Kier alpha value is -3.41. The van der Waals surface area contributed by atoms with Crippen molar-refractivity contribution in [3.63, 3.8) is 0 Å². The van der Waals surface area contributed by atoms with Gasteiger partial charge >= 0.3 is 0 Å². The second-order valence-electron chi connectivity index (χ2n) is 7.01. The van der Waals surface area contributed by atoms with Crippen LogP contribution >= 0.6 is 0 Å². The number of carbonyl (C=O) groups is 1. The topological polar surface area (TPSA) is 58.6 Å². The first-order valence-electron chi connectivity index (χ1n) is 9.83. The van der Waals surface area contributed by atoms with Crippen molar-refractivity contribution < 1.29 is 9.53 Å². The zero-order valence-corrected chi connectivity index (χ0v) is 16.4. The molecule has 1 aliphatic rings. The van der Waals surface area contributed by atoms with Gasteiger partial charge in [-0.15, -0.1) is 0 Å². The molecule has 0 N–H and O–H groups in total. The number of anilines is 1. The molecule has 0 bridgehead atoms. The Kier molecular flexibility index (Phi) is 5.70. The second kappa shape index (κ2) is 8.73. The monoisotopic (exact) mass is 388 g/mol. The Balaban J connectivity index is 1.36. The molecule has 1 saturated heterocycles. The number of rotatable bonds is 5. The number of carbonyl (C=O) groups excluding carboxylic acids is 1. The summed E-state index contributed by atoms with van der Waals surface area (Å²) < 4.78 is 5.78. The van der Waals surface area contributed by atoms with Crippen molar-refractivity contribution in [3.05, 3.63) is 73.1 Å². The van der Waals surface area contributed by atoms with Gasteiger partial charge in [-0.1, -0.05) is 48.5 Å². The lowest BCUT2D eigenvalue weighted by atomic mass is 10.1. The number of benzene rings is 2. The fourth-order valence-electron chi connectivity index (χ4n) is 3.45. The van der Waals surface area contributed by atoms with Crippen LogP contribution in [0.3, 0.4) is 0 Å². The number of nitrogens with zero attached hydrogens (tertiary/aromatic N) is 4. The van der Waals surface area contributed by atoms with Gasteiger partial charge in [0.1, 0.15) is 17.9 Å². The van der Waals surface area contributed by atoms with E-state index in [-0.39, 0.29) is 5.91 Å². The second-order valence-corrected chi connectivity index (χ2v) is 7.01. The molecule has 1 aliphatic heterocycles. The van der Waals surface area contributed by atoms with Gasteiger partial charge in [0, 0.05) is 37.8 Å². The number of para-hydroxylation sites is 1. The minimum absolute atomic E-state index is 0.0150. The molecule has 148 valence electrons. The van der Waals surface area contributed by atoms with Crippen LogP contribution in [0.15, 0.2) is 73.1 Å². The highest BCUT2D eigenvalue weighted by Crippen LogP contribution is 2.21. The molecule has 6 nitrogen and oxygen atoms in total. The Morgan fingerprint density at radius 1 is 0.931 bits per heavy atom. The molecule has 4 rings (SSSR count). The summed E-state index contributed by atoms with van der Waals surface area (Å²) in [7, 11) is 0. The maximum atomic E-state index is 12.7. The standard InChI is InChI=1S/C23H24N4O2/c1-18(29-20-10-6-3-7-11-20)23(28)27-14-12-26(13-15-27)22-16-21(24-17-25-22)19-8-4-2-5-9-19/h2-11,16-18H,12-15H2,1H3. The van der Waals surface area contributed by atoms with Gasteiger partial charge in [-0.2, -0.15) is 0 Å². The number of hydrogen-bond donors (Lipinski definition) is 0. The molecule has 1 atom stereocenters. The van der Waals surface area contributed by atoms with E-state index in [1.165, 1.54) is 0 Å². The largest absolute Gasteiger partial charge is 0.481 e. The van der Waals surface area contributed by atoms with Gasteiger partial charge in [0.15, 0.2) is 6.10 Å². The molecule has 1 unspecified atom stereocenters. The summed E-state index contributed by atoms with van der Waals surface area (Å²) in [6, 6.07) is 21.5. The van der Waals surface area contributed by atoms with E-state index >= 15 is 0 Å². The zero-order chi connectivity index (χ0) is 20.1. The van der Waals surface area contributed by atoms with Crippen molar-refractivity contribution in [3.8, 4) is 17.0 Å². The van der Waals surface area contributed by atoms with E-state index in [1.807, 2.05) is 71.6 Å². The lowest BCUT2D eigenvalue weighted by Crippen LogP contribution is -2.52. The van der Waals surface area contributed by atoms with Gasteiger partial charge < -0.3 is 14.5 Å². The first-order chi connectivity index (χ1) is 14.2. The predicted octanol–water partition coefficient (Wildman–Crippen LogP) is 3.26. The number of ether oxygens (including phenoxy) is 1. The van der Waals surface area contributed by atoms with Gasteiger partial charge in [-0.25, -0.2) is 9.97 Å². The highest BCUT2D eigenvalue weighted by atomic mass is 16.5. The van der Waals surface area contributed by atoms with E-state index < -0.39 is 6.10 Å². The maximum Gasteiger partial charge on any atom is 0.263 e. The summed E-state index contributed by atoms with van der Waals surface area (Å²) in [5.74, 6) is 1.61. The molecule has 2 aromatic carbocycles. The van der Waals surface area contributed by atoms with E-state index in [0.29, 0.717) is 18.8 Å². The number of piperazine rings is 1. The highest BCUT2D eigenvalue weighted by molar-refractivity contribution is 5.81. The van der Waals surface area contributed by atoms with Crippen molar-refractivity contribution in [2.75, 3.05) is 31.1 Å². The first-order valence-corrected chi connectivity index (χ1v) is 9.83. The van der Waals surface area contributed by atoms with E-state index in [4.69, 9.17) is 4.74 Å². The molecule has 1 fully saturated rings. The van der Waals surface area contributed by atoms with Crippen LogP contribution in [0.2, 0.25) is 0 Å². The molecule has 2 heterocycles. The highest BCUT2D eigenvalue weighted by Gasteiger charge is 2.26. The van der Waals surface area contributed by atoms with Crippen LogP contribution in [0.5, 0.6) is 5.75 Å². The predicted molar refractivity (Wildman–Crippen MR) is 113 cm³/mol. The minimum Gasteiger partial charge on any atom is -0.481 e. The Labute approximate surface area is 170 Å². The van der Waals surface area contributed by atoms with E-state index in [1.54, 1.807) is 13.3 Å². The SMILES string of the molecule is CC(Oc1ccccc1)C(=O)N1CCN(c2cc(-c3ccccc3)ncn2)CC1. The molecule has 1 amide bonds. The average molecular weight is 388 g/mol. The summed E-state index contributed by atoms with van der Waals surface area (Å²) in [6.07, 6.45) is 1.10. The summed E-state index contributed by atoms with van der Waals surface area (Å²) in [5, 5.41) is 0. The number of aromatic nitrogens is 2. The van der Waals surface area contributed by atoms with Crippen LogP contribution in [0, 0.1) is 0 Å². The summed E-state index contributed by atoms with van der Waals surface area (Å²) in [6.45, 7) is 4.56. The summed E-state index contributed by atoms with van der Waals surface area (Å²) >= 11 is 0. The van der Waals surface area contributed by atoms with Crippen LogP contribution < -0.4 is 9.64 Å². The molecule has 0 saturated carbocycles. The zero-order valence-electron chi connectivity index (χ0n) is 16.4. The number of amides is 1. The van der Waals surface area contributed by atoms with Crippen LogP contribution in [-0.4, -0.2) is 53.1 Å². The fourth-order valence-corrected chi connectivity index (χ4v) is 3.45. The van der Waals surface area contributed by atoms with E-state index in [0.717, 1.165) is 30.2 Å². The molecular formula is C23H24N4O2. The molecule has 1 aromatic heterocycles. The molecule has 6 heteroatoms.